The van der Waals surface area contributed by atoms with Crippen LogP contribution in [0, 0.1) is 0 Å². The number of nitrogens with two attached hydrogens (primary N) is 2. The summed E-state index contributed by atoms with van der Waals surface area (Å²) in [5.74, 6) is 6.09. The van der Waals surface area contributed by atoms with Gasteiger partial charge in [-0.2, -0.15) is 0 Å². The quantitative estimate of drug-likeness (QED) is 0.586. The van der Waals surface area contributed by atoms with Crippen molar-refractivity contribution >= 4 is 17.4 Å². The molecule has 1 atom stereocenters. The number of hydrogen-bond donors (Lipinski definition) is 3. The molecule has 0 aromatic carbocycles. The second kappa shape index (κ2) is 5.97. The molecule has 0 aliphatic carbocycles. The van der Waals surface area contributed by atoms with E-state index in [9.17, 15) is 0 Å². The van der Waals surface area contributed by atoms with Gasteiger partial charge in [0.25, 0.3) is 0 Å². The Morgan fingerprint density at radius 1 is 1.37 bits per heavy atom. The topological polar surface area (TPSA) is 89.8 Å². The lowest BCUT2D eigenvalue weighted by atomic mass is 9.95. The Labute approximate surface area is 117 Å². The van der Waals surface area contributed by atoms with E-state index in [0.717, 1.165) is 23.1 Å². The van der Waals surface area contributed by atoms with Crippen molar-refractivity contribution in [3.05, 3.63) is 52.4 Å². The van der Waals surface area contributed by atoms with Gasteiger partial charge in [0.2, 0.25) is 0 Å². The molecule has 2 aromatic heterocycles. The molecule has 100 valence electrons. The van der Waals surface area contributed by atoms with E-state index in [0.29, 0.717) is 10.8 Å². The highest BCUT2D eigenvalue weighted by atomic mass is 35.5. The summed E-state index contributed by atoms with van der Waals surface area (Å²) in [4.78, 5) is 8.19. The number of hydrogen-bond acceptors (Lipinski definition) is 5. The van der Waals surface area contributed by atoms with Gasteiger partial charge < -0.3 is 5.73 Å². The SMILES string of the molecule is CCc1cnccc1C(NN)c1cc(Cl)cnc1N. The number of nitrogens with one attached hydrogen (secondary N) is 1. The van der Waals surface area contributed by atoms with Gasteiger partial charge in [0.15, 0.2) is 0 Å². The van der Waals surface area contributed by atoms with E-state index >= 15 is 0 Å². The van der Waals surface area contributed by atoms with Gasteiger partial charge >= 0.3 is 0 Å². The van der Waals surface area contributed by atoms with Crippen molar-refractivity contribution in [3.63, 3.8) is 0 Å². The number of halogens is 1. The van der Waals surface area contributed by atoms with Gasteiger partial charge in [-0.25, -0.2) is 10.4 Å². The zero-order valence-corrected chi connectivity index (χ0v) is 11.4. The Hall–Kier alpha value is -1.69. The van der Waals surface area contributed by atoms with Crippen LogP contribution in [0.2, 0.25) is 5.02 Å². The fourth-order valence-corrected chi connectivity index (χ4v) is 2.23. The molecule has 0 aliphatic rings. The first-order chi connectivity index (χ1) is 9.17. The van der Waals surface area contributed by atoms with Crippen molar-refractivity contribution in [1.29, 1.82) is 0 Å². The molecule has 5 nitrogen and oxygen atoms in total. The predicted octanol–water partition coefficient (Wildman–Crippen LogP) is 1.83. The van der Waals surface area contributed by atoms with Gasteiger partial charge in [0.05, 0.1) is 11.1 Å². The molecule has 0 saturated carbocycles. The number of aromatic nitrogens is 2. The summed E-state index contributed by atoms with van der Waals surface area (Å²) < 4.78 is 0. The first-order valence-corrected chi connectivity index (χ1v) is 6.35. The Morgan fingerprint density at radius 2 is 2.16 bits per heavy atom. The fraction of sp³-hybridized carbons (Fsp3) is 0.231. The first kappa shape index (κ1) is 13.7. The summed E-state index contributed by atoms with van der Waals surface area (Å²) in [6.07, 6.45) is 5.93. The summed E-state index contributed by atoms with van der Waals surface area (Å²) >= 11 is 5.98. The minimum Gasteiger partial charge on any atom is -0.383 e. The van der Waals surface area contributed by atoms with Gasteiger partial charge in [-0.15, -0.1) is 0 Å². The van der Waals surface area contributed by atoms with Gasteiger partial charge in [-0.1, -0.05) is 18.5 Å². The summed E-state index contributed by atoms with van der Waals surface area (Å²) in [7, 11) is 0. The molecule has 2 heterocycles. The lowest BCUT2D eigenvalue weighted by Crippen LogP contribution is -2.30. The van der Waals surface area contributed by atoms with Crippen LogP contribution in [0.3, 0.4) is 0 Å². The van der Waals surface area contributed by atoms with Crippen LogP contribution in [-0.4, -0.2) is 9.97 Å². The minimum absolute atomic E-state index is 0.260. The van der Waals surface area contributed by atoms with Crippen LogP contribution >= 0.6 is 11.6 Å². The van der Waals surface area contributed by atoms with Crippen molar-refractivity contribution in [2.75, 3.05) is 5.73 Å². The third-order valence-corrected chi connectivity index (χ3v) is 3.23. The molecular formula is C13H16ClN5. The zero-order chi connectivity index (χ0) is 13.8. The van der Waals surface area contributed by atoms with E-state index in [1.54, 1.807) is 12.3 Å². The van der Waals surface area contributed by atoms with E-state index in [1.807, 2.05) is 12.3 Å². The lowest BCUT2D eigenvalue weighted by molar-refractivity contribution is 0.630. The maximum absolute atomic E-state index is 5.98. The van der Waals surface area contributed by atoms with Crippen molar-refractivity contribution in [2.24, 2.45) is 5.84 Å². The molecule has 0 aliphatic heterocycles. The van der Waals surface area contributed by atoms with E-state index in [1.165, 1.54) is 6.20 Å². The number of hydrazine groups is 1. The average Bonchev–Trinajstić information content (AvgIpc) is 2.44. The number of nitrogens with zero attached hydrogens (tertiary/aromatic N) is 2. The van der Waals surface area contributed by atoms with Crippen LogP contribution in [0.15, 0.2) is 30.7 Å². The molecule has 5 N–H and O–H groups in total. The molecule has 0 radical (unpaired) electrons. The van der Waals surface area contributed by atoms with E-state index in [-0.39, 0.29) is 6.04 Å². The van der Waals surface area contributed by atoms with Gasteiger partial charge in [0, 0.05) is 24.2 Å². The molecule has 1 unspecified atom stereocenters. The smallest absolute Gasteiger partial charge is 0.128 e. The molecule has 0 amide bonds. The largest absolute Gasteiger partial charge is 0.383 e. The second-order valence-corrected chi connectivity index (χ2v) is 4.59. The Bertz CT molecular complexity index is 573. The average molecular weight is 278 g/mol. The highest BCUT2D eigenvalue weighted by molar-refractivity contribution is 6.30. The number of anilines is 1. The highest BCUT2D eigenvalue weighted by Gasteiger charge is 2.19. The normalized spacial score (nSPS) is 12.4. The predicted molar refractivity (Wildman–Crippen MR) is 76.4 cm³/mol. The van der Waals surface area contributed by atoms with Crippen LogP contribution in [-0.2, 0) is 6.42 Å². The van der Waals surface area contributed by atoms with E-state index < -0.39 is 0 Å². The molecule has 2 aromatic rings. The Morgan fingerprint density at radius 3 is 2.84 bits per heavy atom. The molecule has 0 bridgehead atoms. The van der Waals surface area contributed by atoms with Crippen LogP contribution in [0.4, 0.5) is 5.82 Å². The molecule has 6 heteroatoms. The molecule has 0 spiro atoms. The lowest BCUT2D eigenvalue weighted by Gasteiger charge is -2.20. The molecule has 19 heavy (non-hydrogen) atoms. The Balaban J connectivity index is 2.53. The van der Waals surface area contributed by atoms with E-state index in [2.05, 4.69) is 22.3 Å². The third-order valence-electron chi connectivity index (χ3n) is 3.03. The first-order valence-electron chi connectivity index (χ1n) is 5.97. The van der Waals surface area contributed by atoms with Crippen LogP contribution < -0.4 is 17.0 Å². The standard InChI is InChI=1S/C13H16ClN5/c1-2-8-6-17-4-3-10(8)12(19-16)11-5-9(14)7-18-13(11)15/h3-7,12,19H,2,16H2,1H3,(H2,15,18). The summed E-state index contributed by atoms with van der Waals surface area (Å²) in [5, 5.41) is 0.525. The van der Waals surface area contributed by atoms with Gasteiger partial charge in [-0.05, 0) is 29.7 Å². The third kappa shape index (κ3) is 2.84. The highest BCUT2D eigenvalue weighted by Crippen LogP contribution is 2.29. The number of rotatable bonds is 4. The van der Waals surface area contributed by atoms with Crippen molar-refractivity contribution in [1.82, 2.24) is 15.4 Å². The molecule has 0 fully saturated rings. The monoisotopic (exact) mass is 277 g/mol. The van der Waals surface area contributed by atoms with Crippen molar-refractivity contribution in [3.8, 4) is 0 Å². The summed E-state index contributed by atoms with van der Waals surface area (Å²) in [6.45, 7) is 2.06. The van der Waals surface area contributed by atoms with Crippen molar-refractivity contribution < 1.29 is 0 Å². The van der Waals surface area contributed by atoms with Gasteiger partial charge in [0.1, 0.15) is 5.82 Å². The number of pyridine rings is 2. The van der Waals surface area contributed by atoms with E-state index in [4.69, 9.17) is 23.2 Å². The fourth-order valence-electron chi connectivity index (χ4n) is 2.06. The number of aryl methyl sites for hydroxylation is 1. The maximum atomic E-state index is 5.98. The van der Waals surface area contributed by atoms with Crippen LogP contribution in [0.25, 0.3) is 0 Å². The second-order valence-electron chi connectivity index (χ2n) is 4.16. The Kier molecular flexibility index (Phi) is 4.31. The number of nitrogen functional groups attached to an aromatic ring is 1. The zero-order valence-electron chi connectivity index (χ0n) is 10.6. The van der Waals surface area contributed by atoms with Crippen LogP contribution in [0.5, 0.6) is 0 Å². The molecule has 0 saturated heterocycles. The summed E-state index contributed by atoms with van der Waals surface area (Å²) in [5.41, 5.74) is 11.6. The summed E-state index contributed by atoms with van der Waals surface area (Å²) in [6, 6.07) is 3.43. The van der Waals surface area contributed by atoms with Crippen LogP contribution in [0.1, 0.15) is 29.7 Å². The van der Waals surface area contributed by atoms with Crippen molar-refractivity contribution in [2.45, 2.75) is 19.4 Å². The van der Waals surface area contributed by atoms with Gasteiger partial charge in [-0.3, -0.25) is 10.8 Å². The minimum atomic E-state index is -0.260. The molecular weight excluding hydrogens is 262 g/mol. The molecule has 2 rings (SSSR count). The maximum Gasteiger partial charge on any atom is 0.128 e.